The summed E-state index contributed by atoms with van der Waals surface area (Å²) in [5.74, 6) is 0.845. The Kier molecular flexibility index (Phi) is 5.92. The van der Waals surface area contributed by atoms with Crippen LogP contribution >= 0.6 is 0 Å². The average Bonchev–Trinajstić information content (AvgIpc) is 2.36. The van der Waals surface area contributed by atoms with Gasteiger partial charge in [-0.1, -0.05) is 6.92 Å². The predicted octanol–water partition coefficient (Wildman–Crippen LogP) is 1.29. The van der Waals surface area contributed by atoms with Gasteiger partial charge in [-0.05, 0) is 38.5 Å². The molecule has 0 heterocycles. The van der Waals surface area contributed by atoms with Crippen LogP contribution in [0.4, 0.5) is 0 Å². The Labute approximate surface area is 104 Å². The summed E-state index contributed by atoms with van der Waals surface area (Å²) in [6, 6.07) is 0. The SMILES string of the molecule is CCOCCNC(=O)C1(CN)CCC(C)CC1. The summed E-state index contributed by atoms with van der Waals surface area (Å²) >= 11 is 0. The normalized spacial score (nSPS) is 29.0. The Morgan fingerprint density at radius 1 is 1.47 bits per heavy atom. The number of carbonyl (C=O) groups excluding carboxylic acids is 1. The van der Waals surface area contributed by atoms with Crippen molar-refractivity contribution in [1.82, 2.24) is 5.32 Å². The van der Waals surface area contributed by atoms with Crippen molar-refractivity contribution >= 4 is 5.91 Å². The third-order valence-corrected chi connectivity index (χ3v) is 3.84. The van der Waals surface area contributed by atoms with Gasteiger partial charge in [0.25, 0.3) is 0 Å². The first-order valence-electron chi connectivity index (χ1n) is 6.70. The lowest BCUT2D eigenvalue weighted by atomic mass is 9.70. The van der Waals surface area contributed by atoms with Gasteiger partial charge in [0.2, 0.25) is 5.91 Å². The number of nitrogens with two attached hydrogens (primary N) is 1. The summed E-state index contributed by atoms with van der Waals surface area (Å²) in [4.78, 5) is 12.2. The molecule has 3 N–H and O–H groups in total. The quantitative estimate of drug-likeness (QED) is 0.690. The minimum atomic E-state index is -0.321. The molecule has 0 atom stereocenters. The minimum Gasteiger partial charge on any atom is -0.380 e. The van der Waals surface area contributed by atoms with Gasteiger partial charge in [-0.2, -0.15) is 0 Å². The van der Waals surface area contributed by atoms with Crippen molar-refractivity contribution in [2.24, 2.45) is 17.1 Å². The third kappa shape index (κ3) is 3.96. The van der Waals surface area contributed by atoms with Gasteiger partial charge in [0.15, 0.2) is 0 Å². The molecule has 0 aromatic carbocycles. The summed E-state index contributed by atoms with van der Waals surface area (Å²) in [7, 11) is 0. The average molecular weight is 242 g/mol. The van der Waals surface area contributed by atoms with Crippen LogP contribution in [0.2, 0.25) is 0 Å². The van der Waals surface area contributed by atoms with Gasteiger partial charge in [-0.15, -0.1) is 0 Å². The smallest absolute Gasteiger partial charge is 0.227 e. The number of hydrogen-bond donors (Lipinski definition) is 2. The molecule has 100 valence electrons. The van der Waals surface area contributed by atoms with Gasteiger partial charge in [-0.3, -0.25) is 4.79 Å². The monoisotopic (exact) mass is 242 g/mol. The molecule has 1 aliphatic carbocycles. The maximum Gasteiger partial charge on any atom is 0.227 e. The molecule has 0 radical (unpaired) electrons. The van der Waals surface area contributed by atoms with Crippen molar-refractivity contribution in [2.75, 3.05) is 26.3 Å². The molecular weight excluding hydrogens is 216 g/mol. The van der Waals surface area contributed by atoms with Crippen molar-refractivity contribution in [3.05, 3.63) is 0 Å². The van der Waals surface area contributed by atoms with E-state index in [2.05, 4.69) is 12.2 Å². The second-order valence-electron chi connectivity index (χ2n) is 5.12. The zero-order chi connectivity index (χ0) is 12.7. The predicted molar refractivity (Wildman–Crippen MR) is 68.6 cm³/mol. The number of ether oxygens (including phenoxy) is 1. The lowest BCUT2D eigenvalue weighted by Crippen LogP contribution is -2.48. The van der Waals surface area contributed by atoms with E-state index < -0.39 is 0 Å². The zero-order valence-electron chi connectivity index (χ0n) is 11.1. The van der Waals surface area contributed by atoms with Gasteiger partial charge in [0.1, 0.15) is 0 Å². The Morgan fingerprint density at radius 3 is 2.65 bits per heavy atom. The van der Waals surface area contributed by atoms with Crippen LogP contribution in [0.5, 0.6) is 0 Å². The maximum absolute atomic E-state index is 12.2. The number of carbonyl (C=O) groups is 1. The van der Waals surface area contributed by atoms with E-state index in [4.69, 9.17) is 10.5 Å². The number of nitrogens with one attached hydrogen (secondary N) is 1. The number of amides is 1. The Bertz CT molecular complexity index is 236. The molecule has 4 heteroatoms. The lowest BCUT2D eigenvalue weighted by molar-refractivity contribution is -0.133. The van der Waals surface area contributed by atoms with Crippen LogP contribution in [0.1, 0.15) is 39.5 Å². The van der Waals surface area contributed by atoms with Crippen molar-refractivity contribution in [3.8, 4) is 0 Å². The highest BCUT2D eigenvalue weighted by Gasteiger charge is 2.39. The van der Waals surface area contributed by atoms with Gasteiger partial charge in [0, 0.05) is 19.7 Å². The largest absolute Gasteiger partial charge is 0.380 e. The van der Waals surface area contributed by atoms with E-state index in [1.54, 1.807) is 0 Å². The molecule has 0 aliphatic heterocycles. The second-order valence-corrected chi connectivity index (χ2v) is 5.12. The van der Waals surface area contributed by atoms with Gasteiger partial charge in [-0.25, -0.2) is 0 Å². The molecular formula is C13H26N2O2. The number of rotatable bonds is 6. The van der Waals surface area contributed by atoms with Crippen LogP contribution in [0.15, 0.2) is 0 Å². The van der Waals surface area contributed by atoms with Gasteiger partial charge < -0.3 is 15.8 Å². The standard InChI is InChI=1S/C13H26N2O2/c1-3-17-9-8-15-12(16)13(10-14)6-4-11(2)5-7-13/h11H,3-10,14H2,1-2H3,(H,15,16). The lowest BCUT2D eigenvalue weighted by Gasteiger charge is -2.37. The van der Waals surface area contributed by atoms with Crippen molar-refractivity contribution < 1.29 is 9.53 Å². The molecule has 17 heavy (non-hydrogen) atoms. The molecule has 0 aromatic rings. The van der Waals surface area contributed by atoms with E-state index in [1.165, 1.54) is 0 Å². The first kappa shape index (κ1) is 14.5. The maximum atomic E-state index is 12.2. The summed E-state index contributed by atoms with van der Waals surface area (Å²) in [6.45, 7) is 6.51. The van der Waals surface area contributed by atoms with Gasteiger partial charge >= 0.3 is 0 Å². The van der Waals surface area contributed by atoms with E-state index >= 15 is 0 Å². The molecule has 0 bridgehead atoms. The van der Waals surface area contributed by atoms with E-state index in [0.717, 1.165) is 31.6 Å². The van der Waals surface area contributed by atoms with E-state index in [-0.39, 0.29) is 11.3 Å². The summed E-state index contributed by atoms with van der Waals surface area (Å²) in [6.07, 6.45) is 4.06. The van der Waals surface area contributed by atoms with Crippen LogP contribution in [-0.2, 0) is 9.53 Å². The molecule has 0 unspecified atom stereocenters. The third-order valence-electron chi connectivity index (χ3n) is 3.84. The Balaban J connectivity index is 2.40. The highest BCUT2D eigenvalue weighted by atomic mass is 16.5. The molecule has 1 fully saturated rings. The Hall–Kier alpha value is -0.610. The highest BCUT2D eigenvalue weighted by Crippen LogP contribution is 2.38. The van der Waals surface area contributed by atoms with Gasteiger partial charge in [0.05, 0.1) is 12.0 Å². The van der Waals surface area contributed by atoms with E-state index in [1.807, 2.05) is 6.92 Å². The molecule has 1 rings (SSSR count). The van der Waals surface area contributed by atoms with E-state index in [9.17, 15) is 4.79 Å². The van der Waals surface area contributed by atoms with Crippen molar-refractivity contribution in [1.29, 1.82) is 0 Å². The van der Waals surface area contributed by atoms with Crippen molar-refractivity contribution in [3.63, 3.8) is 0 Å². The van der Waals surface area contributed by atoms with Crippen molar-refractivity contribution in [2.45, 2.75) is 39.5 Å². The first-order valence-corrected chi connectivity index (χ1v) is 6.70. The second kappa shape index (κ2) is 6.97. The fourth-order valence-corrected chi connectivity index (χ4v) is 2.41. The minimum absolute atomic E-state index is 0.117. The Morgan fingerprint density at radius 2 is 2.12 bits per heavy atom. The molecule has 4 nitrogen and oxygen atoms in total. The molecule has 1 aliphatic rings. The van der Waals surface area contributed by atoms with Crippen LogP contribution in [0.3, 0.4) is 0 Å². The zero-order valence-corrected chi connectivity index (χ0v) is 11.1. The molecule has 1 saturated carbocycles. The van der Waals surface area contributed by atoms with E-state index in [0.29, 0.717) is 26.3 Å². The fraction of sp³-hybridized carbons (Fsp3) is 0.923. The molecule has 0 spiro atoms. The summed E-state index contributed by atoms with van der Waals surface area (Å²) in [5.41, 5.74) is 5.50. The molecule has 1 amide bonds. The first-order chi connectivity index (χ1) is 8.14. The summed E-state index contributed by atoms with van der Waals surface area (Å²) in [5, 5.41) is 2.95. The molecule has 0 saturated heterocycles. The van der Waals surface area contributed by atoms with Crippen LogP contribution in [-0.4, -0.2) is 32.2 Å². The topological polar surface area (TPSA) is 64.3 Å². The highest BCUT2D eigenvalue weighted by molar-refractivity contribution is 5.83. The van der Waals surface area contributed by atoms with Crippen LogP contribution in [0.25, 0.3) is 0 Å². The van der Waals surface area contributed by atoms with Crippen LogP contribution in [0, 0.1) is 11.3 Å². The summed E-state index contributed by atoms with van der Waals surface area (Å²) < 4.78 is 5.21. The number of hydrogen-bond acceptors (Lipinski definition) is 3. The molecule has 0 aromatic heterocycles. The fourth-order valence-electron chi connectivity index (χ4n) is 2.41. The van der Waals surface area contributed by atoms with Crippen LogP contribution < -0.4 is 11.1 Å².